The van der Waals surface area contributed by atoms with Gasteiger partial charge in [-0.25, -0.2) is 0 Å². The molecule has 2 saturated heterocycles. The molecule has 176 valence electrons. The maximum atomic E-state index is 12.9. The average Bonchev–Trinajstić information content (AvgIpc) is 2.98. The predicted octanol–water partition coefficient (Wildman–Crippen LogP) is 4.46. The zero-order chi connectivity index (χ0) is 23.9. The molecule has 1 aromatic rings. The number of halogens is 1. The van der Waals surface area contributed by atoms with Gasteiger partial charge in [0.25, 0.3) is 0 Å². The summed E-state index contributed by atoms with van der Waals surface area (Å²) in [4.78, 5) is 26.9. The zero-order valence-electron chi connectivity index (χ0n) is 19.4. The summed E-state index contributed by atoms with van der Waals surface area (Å²) in [5, 5.41) is 20.6. The molecule has 2 aliphatic heterocycles. The summed E-state index contributed by atoms with van der Waals surface area (Å²) < 4.78 is 6.01. The molecule has 0 spiro atoms. The summed E-state index contributed by atoms with van der Waals surface area (Å²) in [6.45, 7) is 4.14. The molecule has 0 aromatic heterocycles. The van der Waals surface area contributed by atoms with Crippen LogP contribution in [0.15, 0.2) is 34.9 Å². The Morgan fingerprint density at radius 3 is 2.76 bits per heavy atom. The largest absolute Gasteiger partial charge is 0.508 e. The van der Waals surface area contributed by atoms with Crippen molar-refractivity contribution >= 4 is 36.6 Å². The number of nitrogens with zero attached hydrogens (tertiary/aromatic N) is 1. The molecule has 0 bridgehead atoms. The van der Waals surface area contributed by atoms with Crippen LogP contribution in [0.25, 0.3) is 6.08 Å². The second-order valence-corrected chi connectivity index (χ2v) is 9.94. The van der Waals surface area contributed by atoms with Crippen LogP contribution in [0.5, 0.6) is 5.75 Å². The van der Waals surface area contributed by atoms with Gasteiger partial charge < -0.3 is 14.8 Å². The first-order valence-electron chi connectivity index (χ1n) is 11.7. The van der Waals surface area contributed by atoms with E-state index in [1.165, 1.54) is 16.5 Å². The van der Waals surface area contributed by atoms with Crippen molar-refractivity contribution in [2.75, 3.05) is 7.05 Å². The molecular weight excluding hydrogens is 441 g/mol. The van der Waals surface area contributed by atoms with Gasteiger partial charge in [0.2, 0.25) is 11.8 Å². The standard InChI is InChI=1S/C25H31BClNO5/c1-4-5-16-11-18-23(25(31)28(3)24(18)30)19-13-26(32)33-21(22(16)19)9-6-14(2)10-15-7-8-17(29)12-20(15)27/h7-8,10,12,18-19,21,23,29,32H,4-6,9,11,13H2,1-3H3/b14-10+/t18-,19+,21-,23-/m1/s1. The first-order valence-corrected chi connectivity index (χ1v) is 12.1. The van der Waals surface area contributed by atoms with Gasteiger partial charge in [-0.2, -0.15) is 0 Å². The number of hydrogen-bond acceptors (Lipinski definition) is 5. The highest BCUT2D eigenvalue weighted by Crippen LogP contribution is 2.51. The second kappa shape index (κ2) is 9.65. The van der Waals surface area contributed by atoms with Crippen molar-refractivity contribution in [3.8, 4) is 5.75 Å². The maximum Gasteiger partial charge on any atom is 0.455 e. The number of phenols is 1. The number of amides is 2. The van der Waals surface area contributed by atoms with Crippen LogP contribution in [0.1, 0.15) is 51.5 Å². The molecule has 33 heavy (non-hydrogen) atoms. The van der Waals surface area contributed by atoms with Crippen molar-refractivity contribution < 1.29 is 24.4 Å². The van der Waals surface area contributed by atoms with Crippen LogP contribution in [0.3, 0.4) is 0 Å². The van der Waals surface area contributed by atoms with E-state index in [4.69, 9.17) is 16.3 Å². The Labute approximate surface area is 200 Å². The Bertz CT molecular complexity index is 1020. The molecule has 0 radical (unpaired) electrons. The predicted molar refractivity (Wildman–Crippen MR) is 128 cm³/mol. The zero-order valence-corrected chi connectivity index (χ0v) is 20.1. The van der Waals surface area contributed by atoms with Crippen molar-refractivity contribution in [3.63, 3.8) is 0 Å². The van der Waals surface area contributed by atoms with Gasteiger partial charge in [-0.15, -0.1) is 0 Å². The third-order valence-electron chi connectivity index (χ3n) is 7.27. The Kier molecular flexibility index (Phi) is 7.03. The lowest BCUT2D eigenvalue weighted by atomic mass is 9.58. The van der Waals surface area contributed by atoms with Crippen LogP contribution >= 0.6 is 11.6 Å². The number of fused-ring (bicyclic) bond motifs is 3. The van der Waals surface area contributed by atoms with Crippen molar-refractivity contribution in [1.29, 1.82) is 0 Å². The van der Waals surface area contributed by atoms with E-state index in [2.05, 4.69) is 6.92 Å². The minimum atomic E-state index is -0.949. The van der Waals surface area contributed by atoms with Crippen molar-refractivity contribution in [2.45, 2.75) is 58.4 Å². The third-order valence-corrected chi connectivity index (χ3v) is 7.59. The summed E-state index contributed by atoms with van der Waals surface area (Å²) in [6.07, 6.45) is 5.88. The molecular formula is C25H31BClNO5. The quantitative estimate of drug-likeness (QED) is 0.363. The Morgan fingerprint density at radius 2 is 2.06 bits per heavy atom. The highest BCUT2D eigenvalue weighted by atomic mass is 35.5. The Hall–Kier alpha value is -2.09. The lowest BCUT2D eigenvalue weighted by Gasteiger charge is -2.43. The van der Waals surface area contributed by atoms with Gasteiger partial charge in [0.1, 0.15) is 5.75 Å². The fourth-order valence-corrected chi connectivity index (χ4v) is 6.02. The summed E-state index contributed by atoms with van der Waals surface area (Å²) in [5.74, 6) is -0.972. The van der Waals surface area contributed by atoms with Crippen LogP contribution in [-0.2, 0) is 14.2 Å². The molecule has 1 aliphatic carbocycles. The van der Waals surface area contributed by atoms with E-state index in [1.54, 1.807) is 19.2 Å². The summed E-state index contributed by atoms with van der Waals surface area (Å²) in [6, 6.07) is 4.90. The van der Waals surface area contributed by atoms with Crippen LogP contribution < -0.4 is 0 Å². The number of hydrogen-bond donors (Lipinski definition) is 2. The van der Waals surface area contributed by atoms with E-state index >= 15 is 0 Å². The molecule has 6 nitrogen and oxygen atoms in total. The molecule has 4 atom stereocenters. The monoisotopic (exact) mass is 471 g/mol. The van der Waals surface area contributed by atoms with Gasteiger partial charge in [0.15, 0.2) is 0 Å². The van der Waals surface area contributed by atoms with Crippen molar-refractivity contribution in [1.82, 2.24) is 4.90 Å². The molecule has 8 heteroatoms. The van der Waals surface area contributed by atoms with Gasteiger partial charge in [-0.05, 0) is 74.2 Å². The smallest absolute Gasteiger partial charge is 0.455 e. The number of carbonyl (C=O) groups excluding carboxylic acids is 2. The molecule has 0 unspecified atom stereocenters. The summed E-state index contributed by atoms with van der Waals surface area (Å²) in [5.41, 5.74) is 4.29. The number of imide groups is 1. The lowest BCUT2D eigenvalue weighted by Crippen LogP contribution is -2.46. The molecule has 1 aromatic carbocycles. The normalized spacial score (nSPS) is 27.8. The number of phenolic OH excluding ortho intramolecular Hbond substituents is 1. The number of allylic oxidation sites excluding steroid dienone is 2. The topological polar surface area (TPSA) is 87.1 Å². The SMILES string of the molecule is CCCC1=C2[C@@H](CC/C(C)=C/c3ccc(O)cc3Cl)OB(O)C[C@@H]2[C@@H]2C(=O)N(C)C(=O)[C@@H]2C1. The first kappa shape index (κ1) is 24.1. The number of likely N-dealkylation sites (tertiary alicyclic amines) is 1. The maximum absolute atomic E-state index is 12.9. The minimum absolute atomic E-state index is 0.0975. The van der Waals surface area contributed by atoms with E-state index < -0.39 is 13.0 Å². The summed E-state index contributed by atoms with van der Waals surface area (Å²) >= 11 is 6.24. The van der Waals surface area contributed by atoms with Crippen LogP contribution in [0.2, 0.25) is 11.3 Å². The molecule has 2 fully saturated rings. The Balaban J connectivity index is 1.59. The van der Waals surface area contributed by atoms with Gasteiger partial charge in [0, 0.05) is 7.05 Å². The molecule has 2 amide bonds. The highest BCUT2D eigenvalue weighted by molar-refractivity contribution is 6.43. The van der Waals surface area contributed by atoms with E-state index in [9.17, 15) is 19.7 Å². The highest BCUT2D eigenvalue weighted by Gasteiger charge is 2.56. The first-order chi connectivity index (χ1) is 15.7. The number of benzene rings is 1. The third kappa shape index (κ3) is 4.64. The van der Waals surface area contributed by atoms with E-state index in [1.807, 2.05) is 13.0 Å². The van der Waals surface area contributed by atoms with Crippen molar-refractivity contribution in [3.05, 3.63) is 45.5 Å². The second-order valence-electron chi connectivity index (χ2n) is 9.54. The minimum Gasteiger partial charge on any atom is -0.508 e. The number of carbonyl (C=O) groups is 2. The molecule has 2 N–H and O–H groups in total. The fourth-order valence-electron chi connectivity index (χ4n) is 5.79. The van der Waals surface area contributed by atoms with Crippen LogP contribution in [0.4, 0.5) is 0 Å². The number of rotatable bonds is 6. The average molecular weight is 472 g/mol. The van der Waals surface area contributed by atoms with Gasteiger partial charge >= 0.3 is 7.12 Å². The van der Waals surface area contributed by atoms with Crippen LogP contribution in [0, 0.1) is 17.8 Å². The molecule has 3 aliphatic rings. The number of aromatic hydroxyl groups is 1. The van der Waals surface area contributed by atoms with E-state index in [0.717, 1.165) is 36.0 Å². The molecule has 2 heterocycles. The Morgan fingerprint density at radius 1 is 1.30 bits per heavy atom. The van der Waals surface area contributed by atoms with Crippen LogP contribution in [-0.4, -0.2) is 47.1 Å². The lowest BCUT2D eigenvalue weighted by molar-refractivity contribution is -0.138. The molecule has 0 saturated carbocycles. The molecule has 4 rings (SSSR count). The van der Waals surface area contributed by atoms with Gasteiger partial charge in [-0.3, -0.25) is 14.5 Å². The summed E-state index contributed by atoms with van der Waals surface area (Å²) in [7, 11) is 0.618. The van der Waals surface area contributed by atoms with Gasteiger partial charge in [-0.1, -0.05) is 42.2 Å². The van der Waals surface area contributed by atoms with E-state index in [-0.39, 0.29) is 35.5 Å². The van der Waals surface area contributed by atoms with E-state index in [0.29, 0.717) is 24.2 Å². The fraction of sp³-hybridized carbons (Fsp3) is 0.520. The van der Waals surface area contributed by atoms with Crippen molar-refractivity contribution in [2.24, 2.45) is 17.8 Å². The van der Waals surface area contributed by atoms with Gasteiger partial charge in [0.05, 0.1) is 23.0 Å².